The topological polar surface area (TPSA) is 113 Å². The van der Waals surface area contributed by atoms with Crippen LogP contribution in [-0.2, 0) is 23.9 Å². The number of ether oxygens (including phenoxy) is 2. The van der Waals surface area contributed by atoms with Gasteiger partial charge in [0.05, 0.1) is 23.2 Å². The number of hydrogen-bond donors (Lipinski definition) is 2. The molecular formula is C31H47NO7. The maximum atomic E-state index is 13.0. The minimum atomic E-state index is -1.25. The Morgan fingerprint density at radius 3 is 2.44 bits per heavy atom. The van der Waals surface area contributed by atoms with E-state index < -0.39 is 28.1 Å². The maximum Gasteiger partial charge on any atom is 0.331 e. The van der Waals surface area contributed by atoms with E-state index in [0.717, 1.165) is 57.1 Å². The van der Waals surface area contributed by atoms with E-state index in [9.17, 15) is 24.6 Å². The number of cyclic esters (lactones) is 1. The van der Waals surface area contributed by atoms with E-state index in [2.05, 4.69) is 25.7 Å². The molecule has 0 spiro atoms. The molecule has 1 aliphatic heterocycles. The van der Waals surface area contributed by atoms with Gasteiger partial charge >= 0.3 is 11.9 Å². The first kappa shape index (κ1) is 28.7. The third-order valence-electron chi connectivity index (χ3n) is 11.6. The number of nitrogens with zero attached hydrogens (tertiary/aromatic N) is 1. The minimum Gasteiger partial charge on any atom is -0.461 e. The number of hydrogen-bond acceptors (Lipinski definition) is 8. The molecule has 8 heteroatoms. The molecule has 4 saturated carbocycles. The molecular weight excluding hydrogens is 498 g/mol. The predicted molar refractivity (Wildman–Crippen MR) is 144 cm³/mol. The Hall–Kier alpha value is -1.77. The Balaban J connectivity index is 1.32. The number of carbonyl (C=O) groups is 3. The highest BCUT2D eigenvalue weighted by Crippen LogP contribution is 2.70. The second-order valence-electron chi connectivity index (χ2n) is 13.4. The molecule has 0 saturated heterocycles. The van der Waals surface area contributed by atoms with Crippen LogP contribution < -0.4 is 0 Å². The van der Waals surface area contributed by atoms with Gasteiger partial charge in [-0.3, -0.25) is 9.69 Å². The van der Waals surface area contributed by atoms with Crippen LogP contribution in [-0.4, -0.2) is 76.9 Å². The molecule has 218 valence electrons. The molecule has 0 unspecified atom stereocenters. The molecule has 39 heavy (non-hydrogen) atoms. The predicted octanol–water partition coefficient (Wildman–Crippen LogP) is 3.57. The Labute approximate surface area is 232 Å². The van der Waals surface area contributed by atoms with Crippen LogP contribution in [0.4, 0.5) is 0 Å². The van der Waals surface area contributed by atoms with Crippen molar-refractivity contribution in [2.75, 3.05) is 26.2 Å². The number of rotatable bonds is 9. The van der Waals surface area contributed by atoms with E-state index in [1.807, 2.05) is 0 Å². The van der Waals surface area contributed by atoms with E-state index in [1.165, 1.54) is 0 Å². The molecule has 8 atom stereocenters. The highest BCUT2D eigenvalue weighted by molar-refractivity contribution is 5.85. The number of aliphatic hydroxyl groups is 2. The first-order chi connectivity index (χ1) is 18.6. The molecule has 4 aliphatic carbocycles. The smallest absolute Gasteiger partial charge is 0.331 e. The first-order valence-electron chi connectivity index (χ1n) is 15.3. The zero-order valence-electron chi connectivity index (χ0n) is 24.0. The molecule has 5 aliphatic rings. The molecule has 0 aromatic heterocycles. The number of esters is 2. The van der Waals surface area contributed by atoms with Crippen LogP contribution in [0.3, 0.4) is 0 Å². The zero-order valence-corrected chi connectivity index (χ0v) is 24.0. The van der Waals surface area contributed by atoms with Gasteiger partial charge in [0.2, 0.25) is 0 Å². The van der Waals surface area contributed by atoms with Crippen molar-refractivity contribution in [3.8, 4) is 0 Å². The molecule has 0 bridgehead atoms. The van der Waals surface area contributed by atoms with E-state index >= 15 is 0 Å². The third-order valence-corrected chi connectivity index (χ3v) is 11.6. The van der Waals surface area contributed by atoms with Crippen molar-refractivity contribution in [2.45, 2.75) is 109 Å². The van der Waals surface area contributed by atoms with Gasteiger partial charge in [0, 0.05) is 17.9 Å². The molecule has 5 rings (SSSR count). The van der Waals surface area contributed by atoms with E-state index in [1.54, 1.807) is 6.08 Å². The molecule has 0 aromatic carbocycles. The minimum absolute atomic E-state index is 0.0815. The summed E-state index contributed by atoms with van der Waals surface area (Å²) in [5.74, 6) is -0.705. The van der Waals surface area contributed by atoms with Crippen molar-refractivity contribution in [3.63, 3.8) is 0 Å². The summed E-state index contributed by atoms with van der Waals surface area (Å²) in [7, 11) is 0. The van der Waals surface area contributed by atoms with Crippen molar-refractivity contribution in [1.29, 1.82) is 0 Å². The molecule has 8 nitrogen and oxygen atoms in total. The molecule has 0 aromatic rings. The lowest BCUT2D eigenvalue weighted by Crippen LogP contribution is -2.69. The summed E-state index contributed by atoms with van der Waals surface area (Å²) in [6.07, 6.45) is 9.33. The van der Waals surface area contributed by atoms with Crippen LogP contribution >= 0.6 is 0 Å². The van der Waals surface area contributed by atoms with Crippen LogP contribution in [0.2, 0.25) is 0 Å². The fraction of sp³-hybridized carbons (Fsp3) is 0.839. The van der Waals surface area contributed by atoms with E-state index in [-0.39, 0.29) is 42.7 Å². The Morgan fingerprint density at radius 1 is 1.08 bits per heavy atom. The van der Waals surface area contributed by atoms with Gasteiger partial charge in [0.25, 0.3) is 0 Å². The lowest BCUT2D eigenvalue weighted by atomic mass is 9.41. The zero-order chi connectivity index (χ0) is 28.1. The van der Waals surface area contributed by atoms with Crippen LogP contribution in [0, 0.1) is 28.6 Å². The van der Waals surface area contributed by atoms with Gasteiger partial charge in [0.1, 0.15) is 19.0 Å². The highest BCUT2D eigenvalue weighted by atomic mass is 16.5. The second kappa shape index (κ2) is 10.6. The average Bonchev–Trinajstić information content (AvgIpc) is 3.43. The highest BCUT2D eigenvalue weighted by Gasteiger charge is 2.71. The normalized spacial score (nSPS) is 43.2. The lowest BCUT2D eigenvalue weighted by Gasteiger charge is -2.65. The Kier molecular flexibility index (Phi) is 7.79. The van der Waals surface area contributed by atoms with Crippen LogP contribution in [0.5, 0.6) is 0 Å². The summed E-state index contributed by atoms with van der Waals surface area (Å²) in [5, 5.41) is 24.4. The molecule has 2 N–H and O–H groups in total. The number of fused-ring (bicyclic) bond motifs is 5. The van der Waals surface area contributed by atoms with Crippen LogP contribution in [0.25, 0.3) is 0 Å². The lowest BCUT2D eigenvalue weighted by molar-refractivity contribution is -0.249. The maximum absolute atomic E-state index is 13.0. The summed E-state index contributed by atoms with van der Waals surface area (Å²) >= 11 is 0. The number of aldehydes is 1. The van der Waals surface area contributed by atoms with Gasteiger partial charge in [-0.25, -0.2) is 4.79 Å². The van der Waals surface area contributed by atoms with E-state index in [4.69, 9.17) is 9.47 Å². The monoisotopic (exact) mass is 545 g/mol. The fourth-order valence-electron chi connectivity index (χ4n) is 9.73. The second-order valence-corrected chi connectivity index (χ2v) is 13.4. The Bertz CT molecular complexity index is 1010. The summed E-state index contributed by atoms with van der Waals surface area (Å²) in [4.78, 5) is 39.7. The summed E-state index contributed by atoms with van der Waals surface area (Å²) in [5.41, 5.74) is -2.58. The number of carbonyl (C=O) groups excluding carboxylic acids is 3. The van der Waals surface area contributed by atoms with Crippen molar-refractivity contribution in [2.24, 2.45) is 28.6 Å². The van der Waals surface area contributed by atoms with Gasteiger partial charge in [-0.1, -0.05) is 20.8 Å². The van der Waals surface area contributed by atoms with Crippen molar-refractivity contribution in [3.05, 3.63) is 11.6 Å². The van der Waals surface area contributed by atoms with Gasteiger partial charge in [-0.2, -0.15) is 0 Å². The van der Waals surface area contributed by atoms with Crippen molar-refractivity contribution >= 4 is 18.2 Å². The quantitative estimate of drug-likeness (QED) is 0.334. The van der Waals surface area contributed by atoms with Crippen molar-refractivity contribution in [1.82, 2.24) is 4.90 Å². The SMILES string of the molecule is CCCN(CCC)CC(=O)O[C@H]1CC[C@]2(C=O)[C@H]3CC[C@]4(C)[C@@H](C5=CC(=O)OC5)CC[C@]4(O)[C@@H]3CC[C@]2(O)C1. The first-order valence-corrected chi connectivity index (χ1v) is 15.3. The largest absolute Gasteiger partial charge is 0.461 e. The fourth-order valence-corrected chi connectivity index (χ4v) is 9.73. The van der Waals surface area contributed by atoms with Crippen molar-refractivity contribution < 1.29 is 34.1 Å². The van der Waals surface area contributed by atoms with Gasteiger partial charge < -0.3 is 24.5 Å². The Morgan fingerprint density at radius 2 is 1.79 bits per heavy atom. The molecule has 4 fully saturated rings. The van der Waals surface area contributed by atoms with Gasteiger partial charge in [-0.15, -0.1) is 0 Å². The van der Waals surface area contributed by atoms with Crippen LogP contribution in [0.15, 0.2) is 11.6 Å². The summed E-state index contributed by atoms with van der Waals surface area (Å²) in [6, 6.07) is 0. The molecule has 0 amide bonds. The average molecular weight is 546 g/mol. The van der Waals surface area contributed by atoms with Gasteiger partial charge in [-0.05, 0) is 101 Å². The molecule has 0 radical (unpaired) electrons. The molecule has 1 heterocycles. The van der Waals surface area contributed by atoms with Crippen LogP contribution in [0.1, 0.15) is 91.4 Å². The summed E-state index contributed by atoms with van der Waals surface area (Å²) in [6.45, 7) is 8.58. The standard InChI is InChI=1S/C31H47NO7/c1-4-14-32(15-5-2)18-27(35)39-22-6-11-29(20-33)24-7-10-28(3)23(21-16-26(34)38-19-21)9-13-31(28,37)25(24)8-12-30(29,36)17-22/h16,20,22-25,36-37H,4-15,17-19H2,1-3H3/t22-,23+,24-,25+,28+,29-,30-,31-/m0/s1. The van der Waals surface area contributed by atoms with E-state index in [0.29, 0.717) is 38.7 Å². The third kappa shape index (κ3) is 4.49. The summed E-state index contributed by atoms with van der Waals surface area (Å²) < 4.78 is 11.1. The van der Waals surface area contributed by atoms with Gasteiger partial charge in [0.15, 0.2) is 0 Å².